The van der Waals surface area contributed by atoms with Crippen LogP contribution in [0, 0.1) is 6.92 Å². The van der Waals surface area contributed by atoms with E-state index in [9.17, 15) is 0 Å². The largest absolute Gasteiger partial charge is 0.334 e. The molecule has 0 aliphatic rings. The van der Waals surface area contributed by atoms with Crippen LogP contribution in [0.2, 0.25) is 0 Å². The van der Waals surface area contributed by atoms with Crippen LogP contribution in [-0.2, 0) is 6.42 Å². The minimum Gasteiger partial charge on any atom is -0.334 e. The second kappa shape index (κ2) is 4.76. The number of hydrogen-bond donors (Lipinski definition) is 1. The predicted octanol–water partition coefficient (Wildman–Crippen LogP) is 2.31. The summed E-state index contributed by atoms with van der Waals surface area (Å²) < 4.78 is 6.18. The Morgan fingerprint density at radius 2 is 2.19 bits per heavy atom. The summed E-state index contributed by atoms with van der Waals surface area (Å²) in [6.07, 6.45) is 0.635. The average Bonchev–Trinajstić information content (AvgIpc) is 2.65. The molecule has 0 aliphatic heterocycles. The highest BCUT2D eigenvalue weighted by Crippen LogP contribution is 2.23. The highest BCUT2D eigenvalue weighted by atomic mass is 79.9. The fourth-order valence-corrected chi connectivity index (χ4v) is 2.07. The molecule has 2 aromatic rings. The molecule has 0 fully saturated rings. The summed E-state index contributed by atoms with van der Waals surface area (Å²) in [5.74, 6) is 1.18. The lowest BCUT2D eigenvalue weighted by atomic mass is 10.1. The van der Waals surface area contributed by atoms with Gasteiger partial charge in [-0.15, -0.1) is 0 Å². The molecule has 0 aliphatic carbocycles. The summed E-state index contributed by atoms with van der Waals surface area (Å²) >= 11 is 3.44. The van der Waals surface area contributed by atoms with Gasteiger partial charge in [0.05, 0.1) is 0 Å². The van der Waals surface area contributed by atoms with Crippen molar-refractivity contribution in [3.63, 3.8) is 0 Å². The SMILES string of the molecule is Cc1cc(Br)cc(-c2nc(CCN)no2)c1. The molecule has 0 spiro atoms. The van der Waals surface area contributed by atoms with Gasteiger partial charge >= 0.3 is 0 Å². The Hall–Kier alpha value is -1.20. The molecule has 0 atom stereocenters. The molecule has 5 heteroatoms. The maximum Gasteiger partial charge on any atom is 0.257 e. The smallest absolute Gasteiger partial charge is 0.257 e. The van der Waals surface area contributed by atoms with E-state index in [2.05, 4.69) is 26.1 Å². The van der Waals surface area contributed by atoms with E-state index < -0.39 is 0 Å². The molecule has 2 rings (SSSR count). The maximum atomic E-state index is 5.43. The monoisotopic (exact) mass is 281 g/mol. The Morgan fingerprint density at radius 3 is 2.88 bits per heavy atom. The molecule has 0 amide bonds. The quantitative estimate of drug-likeness (QED) is 0.938. The molecular weight excluding hydrogens is 270 g/mol. The molecule has 1 aromatic carbocycles. The molecule has 1 heterocycles. The number of rotatable bonds is 3. The van der Waals surface area contributed by atoms with Crippen LogP contribution in [0.4, 0.5) is 0 Å². The van der Waals surface area contributed by atoms with Gasteiger partial charge in [-0.2, -0.15) is 4.98 Å². The highest BCUT2D eigenvalue weighted by Gasteiger charge is 2.09. The van der Waals surface area contributed by atoms with E-state index in [0.29, 0.717) is 24.7 Å². The van der Waals surface area contributed by atoms with Crippen molar-refractivity contribution in [3.8, 4) is 11.5 Å². The summed E-state index contributed by atoms with van der Waals surface area (Å²) in [7, 11) is 0. The summed E-state index contributed by atoms with van der Waals surface area (Å²) in [5, 5.41) is 3.86. The van der Waals surface area contributed by atoms with Crippen molar-refractivity contribution in [2.45, 2.75) is 13.3 Å². The minimum absolute atomic E-state index is 0.524. The van der Waals surface area contributed by atoms with Gasteiger partial charge in [0.1, 0.15) is 0 Å². The van der Waals surface area contributed by atoms with Gasteiger partial charge < -0.3 is 10.3 Å². The highest BCUT2D eigenvalue weighted by molar-refractivity contribution is 9.10. The second-order valence-corrected chi connectivity index (χ2v) is 4.49. The van der Waals surface area contributed by atoms with Crippen LogP contribution in [-0.4, -0.2) is 16.7 Å². The average molecular weight is 282 g/mol. The van der Waals surface area contributed by atoms with Gasteiger partial charge in [-0.1, -0.05) is 21.1 Å². The van der Waals surface area contributed by atoms with E-state index in [1.165, 1.54) is 0 Å². The van der Waals surface area contributed by atoms with Gasteiger partial charge in [-0.3, -0.25) is 0 Å². The Bertz CT molecular complexity index is 475. The van der Waals surface area contributed by atoms with Crippen molar-refractivity contribution >= 4 is 15.9 Å². The van der Waals surface area contributed by atoms with Crippen LogP contribution in [0.25, 0.3) is 11.5 Å². The lowest BCUT2D eigenvalue weighted by Gasteiger charge is -1.98. The van der Waals surface area contributed by atoms with Crippen LogP contribution in [0.1, 0.15) is 11.4 Å². The molecule has 0 unspecified atom stereocenters. The van der Waals surface area contributed by atoms with Gasteiger partial charge in [0, 0.05) is 16.5 Å². The van der Waals surface area contributed by atoms with Gasteiger partial charge in [0.15, 0.2) is 5.82 Å². The van der Waals surface area contributed by atoms with Crippen LogP contribution >= 0.6 is 15.9 Å². The Kier molecular flexibility index (Phi) is 3.36. The summed E-state index contributed by atoms with van der Waals surface area (Å²) in [6, 6.07) is 5.98. The molecule has 4 nitrogen and oxygen atoms in total. The van der Waals surface area contributed by atoms with Crippen LogP contribution in [0.3, 0.4) is 0 Å². The van der Waals surface area contributed by atoms with Crippen molar-refractivity contribution in [2.75, 3.05) is 6.54 Å². The van der Waals surface area contributed by atoms with Crippen LogP contribution in [0.15, 0.2) is 27.2 Å². The van der Waals surface area contributed by atoms with Gasteiger partial charge in [0.25, 0.3) is 5.89 Å². The third-order valence-corrected chi connectivity index (χ3v) is 2.58. The van der Waals surface area contributed by atoms with E-state index in [1.807, 2.05) is 25.1 Å². The molecule has 1 aromatic heterocycles. The Morgan fingerprint density at radius 1 is 1.38 bits per heavy atom. The molecule has 0 saturated heterocycles. The number of hydrogen-bond acceptors (Lipinski definition) is 4. The number of halogens is 1. The number of nitrogens with two attached hydrogens (primary N) is 1. The zero-order valence-electron chi connectivity index (χ0n) is 8.90. The molecule has 2 N–H and O–H groups in total. The molecule has 16 heavy (non-hydrogen) atoms. The number of nitrogens with zero attached hydrogens (tertiary/aromatic N) is 2. The lowest BCUT2D eigenvalue weighted by molar-refractivity contribution is 0.422. The third kappa shape index (κ3) is 2.48. The van der Waals surface area contributed by atoms with E-state index in [4.69, 9.17) is 10.3 Å². The van der Waals surface area contributed by atoms with Gasteiger partial charge in [-0.25, -0.2) is 0 Å². The summed E-state index contributed by atoms with van der Waals surface area (Å²) in [5.41, 5.74) is 7.49. The normalized spacial score (nSPS) is 10.7. The standard InChI is InChI=1S/C11H12BrN3O/c1-7-4-8(6-9(12)5-7)11-14-10(2-3-13)15-16-11/h4-6H,2-3,13H2,1H3. The first-order valence-electron chi connectivity index (χ1n) is 4.99. The minimum atomic E-state index is 0.524. The number of aromatic nitrogens is 2. The van der Waals surface area contributed by atoms with Crippen LogP contribution in [0.5, 0.6) is 0 Å². The van der Waals surface area contributed by atoms with Crippen molar-refractivity contribution in [1.82, 2.24) is 10.1 Å². The maximum absolute atomic E-state index is 5.43. The first-order valence-corrected chi connectivity index (χ1v) is 5.78. The summed E-state index contributed by atoms with van der Waals surface area (Å²) in [4.78, 5) is 4.27. The molecule has 0 bridgehead atoms. The van der Waals surface area contributed by atoms with E-state index in [0.717, 1.165) is 15.6 Å². The second-order valence-electron chi connectivity index (χ2n) is 3.57. The predicted molar refractivity (Wildman–Crippen MR) is 64.9 cm³/mol. The Labute approximate surface area is 102 Å². The third-order valence-electron chi connectivity index (χ3n) is 2.13. The lowest BCUT2D eigenvalue weighted by Crippen LogP contribution is -2.03. The molecule has 0 saturated carbocycles. The van der Waals surface area contributed by atoms with Gasteiger partial charge in [0.2, 0.25) is 0 Å². The van der Waals surface area contributed by atoms with E-state index >= 15 is 0 Å². The fraction of sp³-hybridized carbons (Fsp3) is 0.273. The zero-order chi connectivity index (χ0) is 11.5. The van der Waals surface area contributed by atoms with Crippen molar-refractivity contribution in [2.24, 2.45) is 5.73 Å². The first-order chi connectivity index (χ1) is 7.69. The van der Waals surface area contributed by atoms with Gasteiger partial charge in [-0.05, 0) is 37.2 Å². The van der Waals surface area contributed by atoms with E-state index in [-0.39, 0.29) is 0 Å². The number of benzene rings is 1. The Balaban J connectivity index is 2.34. The van der Waals surface area contributed by atoms with E-state index in [1.54, 1.807) is 0 Å². The molecule has 0 radical (unpaired) electrons. The molecular formula is C11H12BrN3O. The van der Waals surface area contributed by atoms with Crippen molar-refractivity contribution in [1.29, 1.82) is 0 Å². The zero-order valence-corrected chi connectivity index (χ0v) is 10.5. The first kappa shape index (κ1) is 11.3. The van der Waals surface area contributed by atoms with Crippen LogP contribution < -0.4 is 5.73 Å². The number of aryl methyl sites for hydroxylation is 1. The van der Waals surface area contributed by atoms with Crippen molar-refractivity contribution in [3.05, 3.63) is 34.1 Å². The fourth-order valence-electron chi connectivity index (χ4n) is 1.46. The molecule has 84 valence electrons. The summed E-state index contributed by atoms with van der Waals surface area (Å²) in [6.45, 7) is 2.54. The van der Waals surface area contributed by atoms with Crippen molar-refractivity contribution < 1.29 is 4.52 Å². The topological polar surface area (TPSA) is 64.9 Å².